The summed E-state index contributed by atoms with van der Waals surface area (Å²) in [6, 6.07) is 8.30. The minimum absolute atomic E-state index is 0.935. The molecule has 0 aromatic heterocycles. The van der Waals surface area contributed by atoms with Gasteiger partial charge in [0, 0.05) is 4.90 Å². The smallest absolute Gasteiger partial charge is 0.118 e. The van der Waals surface area contributed by atoms with E-state index in [1.54, 1.807) is 7.11 Å². The predicted molar refractivity (Wildman–Crippen MR) is 67.9 cm³/mol. The van der Waals surface area contributed by atoms with Gasteiger partial charge in [-0.25, -0.2) is 0 Å². The third kappa shape index (κ3) is 5.12. The highest BCUT2D eigenvalue weighted by molar-refractivity contribution is 7.99. The second-order valence-electron chi connectivity index (χ2n) is 3.58. The molecule has 0 saturated heterocycles. The molecule has 0 radical (unpaired) electrons. The summed E-state index contributed by atoms with van der Waals surface area (Å²) in [5, 5.41) is 0. The molecule has 0 N–H and O–H groups in total. The predicted octanol–water partition coefficient (Wildman–Crippen LogP) is 4.37. The standard InChI is InChI=1S/C13H20OS/c1-3-4-5-6-11-15-13-9-7-12(14-2)8-10-13/h7-10H,3-6,11H2,1-2H3. The maximum Gasteiger partial charge on any atom is 0.118 e. The highest BCUT2D eigenvalue weighted by Gasteiger charge is 1.95. The monoisotopic (exact) mass is 224 g/mol. The second kappa shape index (κ2) is 7.63. The van der Waals surface area contributed by atoms with Crippen molar-refractivity contribution in [1.82, 2.24) is 0 Å². The number of benzene rings is 1. The van der Waals surface area contributed by atoms with Crippen molar-refractivity contribution in [1.29, 1.82) is 0 Å². The summed E-state index contributed by atoms with van der Waals surface area (Å²) in [6.07, 6.45) is 5.36. The van der Waals surface area contributed by atoms with Crippen LogP contribution < -0.4 is 4.74 Å². The summed E-state index contributed by atoms with van der Waals surface area (Å²) >= 11 is 1.93. The fourth-order valence-electron chi connectivity index (χ4n) is 1.39. The molecule has 1 rings (SSSR count). The topological polar surface area (TPSA) is 9.23 Å². The van der Waals surface area contributed by atoms with Crippen LogP contribution in [-0.4, -0.2) is 12.9 Å². The van der Waals surface area contributed by atoms with Gasteiger partial charge in [0.1, 0.15) is 5.75 Å². The molecule has 0 fully saturated rings. The molecule has 0 atom stereocenters. The molecule has 2 heteroatoms. The summed E-state index contributed by atoms with van der Waals surface area (Å²) < 4.78 is 5.12. The van der Waals surface area contributed by atoms with E-state index in [9.17, 15) is 0 Å². The first kappa shape index (κ1) is 12.4. The third-order valence-electron chi connectivity index (χ3n) is 2.33. The van der Waals surface area contributed by atoms with Gasteiger partial charge in [-0.1, -0.05) is 26.2 Å². The molecule has 0 bridgehead atoms. The molecule has 0 amide bonds. The summed E-state index contributed by atoms with van der Waals surface area (Å²) in [4.78, 5) is 1.34. The summed E-state index contributed by atoms with van der Waals surface area (Å²) in [7, 11) is 1.70. The summed E-state index contributed by atoms with van der Waals surface area (Å²) in [5.74, 6) is 2.16. The van der Waals surface area contributed by atoms with Crippen molar-refractivity contribution in [2.24, 2.45) is 0 Å². The number of hydrogen-bond donors (Lipinski definition) is 0. The summed E-state index contributed by atoms with van der Waals surface area (Å²) in [5.41, 5.74) is 0. The van der Waals surface area contributed by atoms with Crippen LogP contribution in [0.15, 0.2) is 29.2 Å². The highest BCUT2D eigenvalue weighted by Crippen LogP contribution is 2.22. The molecule has 84 valence electrons. The van der Waals surface area contributed by atoms with Crippen molar-refractivity contribution in [2.45, 2.75) is 37.5 Å². The molecule has 0 aliphatic rings. The average molecular weight is 224 g/mol. The first-order valence-electron chi connectivity index (χ1n) is 5.63. The molecule has 1 aromatic rings. The van der Waals surface area contributed by atoms with Crippen molar-refractivity contribution < 1.29 is 4.74 Å². The Hall–Kier alpha value is -0.630. The average Bonchev–Trinajstić information content (AvgIpc) is 2.30. The zero-order valence-corrected chi connectivity index (χ0v) is 10.5. The van der Waals surface area contributed by atoms with Crippen LogP contribution >= 0.6 is 11.8 Å². The number of thioether (sulfide) groups is 1. The van der Waals surface area contributed by atoms with Crippen molar-refractivity contribution in [3.05, 3.63) is 24.3 Å². The minimum atomic E-state index is 0.935. The molecular weight excluding hydrogens is 204 g/mol. The van der Waals surface area contributed by atoms with Crippen LogP contribution in [0.3, 0.4) is 0 Å². The van der Waals surface area contributed by atoms with Gasteiger partial charge in [0.15, 0.2) is 0 Å². The first-order chi connectivity index (χ1) is 7.36. The Labute approximate surface area is 97.2 Å². The molecule has 0 aliphatic heterocycles. The number of unbranched alkanes of at least 4 members (excludes halogenated alkanes) is 3. The maximum absolute atomic E-state index is 5.12. The van der Waals surface area contributed by atoms with Crippen molar-refractivity contribution in [3.8, 4) is 5.75 Å². The fraction of sp³-hybridized carbons (Fsp3) is 0.538. The van der Waals surface area contributed by atoms with Crippen LogP contribution in [0.5, 0.6) is 5.75 Å². The Morgan fingerprint density at radius 1 is 1.07 bits per heavy atom. The lowest BCUT2D eigenvalue weighted by molar-refractivity contribution is 0.414. The largest absolute Gasteiger partial charge is 0.497 e. The van der Waals surface area contributed by atoms with Crippen LogP contribution in [0, 0.1) is 0 Å². The van der Waals surface area contributed by atoms with E-state index in [1.807, 2.05) is 23.9 Å². The van der Waals surface area contributed by atoms with Crippen LogP contribution in [0.4, 0.5) is 0 Å². The lowest BCUT2D eigenvalue weighted by Crippen LogP contribution is -1.83. The van der Waals surface area contributed by atoms with E-state index in [0.29, 0.717) is 0 Å². The van der Waals surface area contributed by atoms with E-state index in [2.05, 4.69) is 19.1 Å². The number of rotatable bonds is 7. The van der Waals surface area contributed by atoms with E-state index in [-0.39, 0.29) is 0 Å². The zero-order chi connectivity index (χ0) is 10.9. The van der Waals surface area contributed by atoms with E-state index in [1.165, 1.54) is 36.3 Å². The number of ether oxygens (including phenoxy) is 1. The van der Waals surface area contributed by atoms with Crippen molar-refractivity contribution >= 4 is 11.8 Å². The Morgan fingerprint density at radius 2 is 1.80 bits per heavy atom. The highest BCUT2D eigenvalue weighted by atomic mass is 32.2. The Kier molecular flexibility index (Phi) is 6.33. The van der Waals surface area contributed by atoms with Gasteiger partial charge in [0.25, 0.3) is 0 Å². The number of hydrogen-bond acceptors (Lipinski definition) is 2. The van der Waals surface area contributed by atoms with E-state index >= 15 is 0 Å². The van der Waals surface area contributed by atoms with Gasteiger partial charge in [0.05, 0.1) is 7.11 Å². The molecule has 0 spiro atoms. The Balaban J connectivity index is 2.20. The summed E-state index contributed by atoms with van der Waals surface area (Å²) in [6.45, 7) is 2.25. The van der Waals surface area contributed by atoms with Crippen LogP contribution in [-0.2, 0) is 0 Å². The molecule has 0 heterocycles. The molecule has 0 aliphatic carbocycles. The van der Waals surface area contributed by atoms with Gasteiger partial charge in [-0.3, -0.25) is 0 Å². The molecule has 1 aromatic carbocycles. The van der Waals surface area contributed by atoms with Gasteiger partial charge in [-0.2, -0.15) is 0 Å². The molecule has 0 saturated carbocycles. The van der Waals surface area contributed by atoms with E-state index < -0.39 is 0 Å². The quantitative estimate of drug-likeness (QED) is 0.502. The molecule has 1 nitrogen and oxygen atoms in total. The lowest BCUT2D eigenvalue weighted by Gasteiger charge is -2.03. The van der Waals surface area contributed by atoms with Crippen molar-refractivity contribution in [3.63, 3.8) is 0 Å². The van der Waals surface area contributed by atoms with Gasteiger partial charge in [0.2, 0.25) is 0 Å². The van der Waals surface area contributed by atoms with Crippen LogP contribution in [0.25, 0.3) is 0 Å². The second-order valence-corrected chi connectivity index (χ2v) is 4.75. The van der Waals surface area contributed by atoms with Crippen LogP contribution in [0.1, 0.15) is 32.6 Å². The van der Waals surface area contributed by atoms with E-state index in [0.717, 1.165) is 5.75 Å². The molecule has 0 unspecified atom stereocenters. The first-order valence-corrected chi connectivity index (χ1v) is 6.62. The Bertz CT molecular complexity index is 256. The normalized spacial score (nSPS) is 10.3. The SMILES string of the molecule is CCCCCCSc1ccc(OC)cc1. The third-order valence-corrected chi connectivity index (χ3v) is 3.42. The van der Waals surface area contributed by atoms with Gasteiger partial charge in [-0.15, -0.1) is 11.8 Å². The lowest BCUT2D eigenvalue weighted by atomic mass is 10.2. The fourth-order valence-corrected chi connectivity index (χ4v) is 2.30. The number of methoxy groups -OCH3 is 1. The van der Waals surface area contributed by atoms with Crippen molar-refractivity contribution in [2.75, 3.05) is 12.9 Å². The van der Waals surface area contributed by atoms with Gasteiger partial charge in [-0.05, 0) is 36.4 Å². The molecular formula is C13H20OS. The minimum Gasteiger partial charge on any atom is -0.497 e. The van der Waals surface area contributed by atoms with Crippen LogP contribution in [0.2, 0.25) is 0 Å². The zero-order valence-electron chi connectivity index (χ0n) is 9.66. The Morgan fingerprint density at radius 3 is 2.40 bits per heavy atom. The molecule has 15 heavy (non-hydrogen) atoms. The van der Waals surface area contributed by atoms with Gasteiger partial charge >= 0.3 is 0 Å². The van der Waals surface area contributed by atoms with E-state index in [4.69, 9.17) is 4.74 Å². The van der Waals surface area contributed by atoms with Gasteiger partial charge < -0.3 is 4.74 Å². The maximum atomic E-state index is 5.12.